The van der Waals surface area contributed by atoms with E-state index in [-0.39, 0.29) is 33.5 Å². The number of carbonyl (C=O) groups is 3. The predicted octanol–water partition coefficient (Wildman–Crippen LogP) is 4.01. The number of carbonyl (C=O) groups excluding carboxylic acids is 3. The van der Waals surface area contributed by atoms with Crippen LogP contribution in [0.15, 0.2) is 6.07 Å². The number of esters is 1. The lowest BCUT2D eigenvalue weighted by Crippen LogP contribution is -2.26. The minimum absolute atomic E-state index is 0.00309. The summed E-state index contributed by atoms with van der Waals surface area (Å²) in [6, 6.07) is -0.129. The Morgan fingerprint density at radius 3 is 2.56 bits per heavy atom. The summed E-state index contributed by atoms with van der Waals surface area (Å²) in [6.45, 7) is 4.87. The topological polar surface area (TPSA) is 116 Å². The van der Waals surface area contributed by atoms with E-state index in [1.165, 1.54) is 13.8 Å². The van der Waals surface area contributed by atoms with Crippen LogP contribution in [0.5, 0.6) is 0 Å². The zero-order valence-electron chi connectivity index (χ0n) is 17.7. The molecular weight excluding hydrogens is 449 g/mol. The van der Waals surface area contributed by atoms with Gasteiger partial charge in [0.2, 0.25) is 5.91 Å². The smallest absolute Gasteiger partial charge is 0.435 e. The Morgan fingerprint density at radius 2 is 2.03 bits per heavy atom. The van der Waals surface area contributed by atoms with Gasteiger partial charge in [-0.25, -0.2) is 4.79 Å². The van der Waals surface area contributed by atoms with E-state index in [0.717, 1.165) is 34.9 Å². The molecule has 0 spiro atoms. The molecule has 1 aliphatic carbocycles. The van der Waals surface area contributed by atoms with Gasteiger partial charge in [-0.2, -0.15) is 18.3 Å². The van der Waals surface area contributed by atoms with Gasteiger partial charge < -0.3 is 15.8 Å². The summed E-state index contributed by atoms with van der Waals surface area (Å²) in [5.74, 6) is -2.28. The van der Waals surface area contributed by atoms with E-state index in [1.54, 1.807) is 0 Å². The molecule has 2 amide bonds. The highest BCUT2D eigenvalue weighted by Gasteiger charge is 2.39. The second-order valence-corrected chi connectivity index (χ2v) is 8.62. The lowest BCUT2D eigenvalue weighted by Gasteiger charge is -2.16. The van der Waals surface area contributed by atoms with Crippen molar-refractivity contribution in [2.75, 3.05) is 11.9 Å². The van der Waals surface area contributed by atoms with Crippen LogP contribution >= 0.6 is 11.3 Å². The minimum Gasteiger partial charge on any atom is -0.462 e. The zero-order valence-corrected chi connectivity index (χ0v) is 18.5. The molecule has 2 heterocycles. The van der Waals surface area contributed by atoms with Crippen molar-refractivity contribution in [2.45, 2.75) is 58.2 Å². The SMILES string of the molecule is CCCOC(=O)c1c(NC(=O)C(C)n2nc(C(F)(F)F)cc2C2CC2)sc(C(N)=O)c1C. The predicted molar refractivity (Wildman–Crippen MR) is 111 cm³/mol. The van der Waals surface area contributed by atoms with Gasteiger partial charge in [-0.3, -0.25) is 14.3 Å². The number of hydrogen-bond acceptors (Lipinski definition) is 6. The standard InChI is InChI=1S/C20H23F3N4O4S/c1-4-7-31-19(30)14-9(2)15(16(24)28)32-18(14)25-17(29)10(3)27-12(11-5-6-11)8-13(26-27)20(21,22)23/h8,10-11H,4-7H2,1-3H3,(H2,24,28)(H,25,29). The zero-order chi connectivity index (χ0) is 23.8. The van der Waals surface area contributed by atoms with Gasteiger partial charge in [-0.15, -0.1) is 11.3 Å². The Hall–Kier alpha value is -2.89. The number of anilines is 1. The third-order valence-corrected chi connectivity index (χ3v) is 6.27. The maximum Gasteiger partial charge on any atom is 0.435 e. The van der Waals surface area contributed by atoms with Crippen LogP contribution in [0.4, 0.5) is 18.2 Å². The average Bonchev–Trinajstić information content (AvgIpc) is 3.36. The molecule has 0 radical (unpaired) electrons. The first kappa shape index (κ1) is 23.8. The monoisotopic (exact) mass is 472 g/mol. The number of nitrogens with zero attached hydrogens (tertiary/aromatic N) is 2. The van der Waals surface area contributed by atoms with Gasteiger partial charge in [-0.05, 0) is 44.7 Å². The fourth-order valence-electron chi connectivity index (χ4n) is 3.22. The van der Waals surface area contributed by atoms with Crippen molar-refractivity contribution in [3.05, 3.63) is 33.5 Å². The van der Waals surface area contributed by atoms with Crippen LogP contribution in [0.3, 0.4) is 0 Å². The van der Waals surface area contributed by atoms with Gasteiger partial charge in [-0.1, -0.05) is 6.92 Å². The summed E-state index contributed by atoms with van der Waals surface area (Å²) in [5, 5.41) is 6.22. The molecule has 2 aromatic rings. The second-order valence-electron chi connectivity index (χ2n) is 7.60. The van der Waals surface area contributed by atoms with Crippen LogP contribution in [0, 0.1) is 6.92 Å². The number of ether oxygens (including phenoxy) is 1. The van der Waals surface area contributed by atoms with E-state index in [0.29, 0.717) is 12.1 Å². The first-order valence-corrected chi connectivity index (χ1v) is 10.8. The van der Waals surface area contributed by atoms with E-state index in [4.69, 9.17) is 10.5 Å². The molecule has 32 heavy (non-hydrogen) atoms. The Morgan fingerprint density at radius 1 is 1.38 bits per heavy atom. The number of alkyl halides is 3. The van der Waals surface area contributed by atoms with E-state index < -0.39 is 35.7 Å². The molecule has 0 aliphatic heterocycles. The molecule has 3 N–H and O–H groups in total. The first-order chi connectivity index (χ1) is 15.0. The molecule has 1 unspecified atom stereocenters. The van der Waals surface area contributed by atoms with Crippen LogP contribution in [-0.4, -0.2) is 34.2 Å². The fourth-order valence-corrected chi connectivity index (χ4v) is 4.27. The van der Waals surface area contributed by atoms with Crippen molar-refractivity contribution in [3.63, 3.8) is 0 Å². The number of primary amides is 1. The fraction of sp³-hybridized carbons (Fsp3) is 0.500. The molecule has 1 saturated carbocycles. The van der Waals surface area contributed by atoms with E-state index >= 15 is 0 Å². The average molecular weight is 472 g/mol. The summed E-state index contributed by atoms with van der Waals surface area (Å²) in [6.07, 6.45) is -2.63. The molecule has 8 nitrogen and oxygen atoms in total. The van der Waals surface area contributed by atoms with Crippen molar-refractivity contribution in [1.82, 2.24) is 9.78 Å². The third-order valence-electron chi connectivity index (χ3n) is 5.05. The maximum atomic E-state index is 13.2. The Bertz CT molecular complexity index is 1060. The van der Waals surface area contributed by atoms with Crippen LogP contribution in [0.25, 0.3) is 0 Å². The summed E-state index contributed by atoms with van der Waals surface area (Å²) in [4.78, 5) is 37.3. The molecule has 2 aromatic heterocycles. The lowest BCUT2D eigenvalue weighted by atomic mass is 10.1. The highest BCUT2D eigenvalue weighted by molar-refractivity contribution is 7.18. The van der Waals surface area contributed by atoms with Crippen molar-refractivity contribution >= 4 is 34.1 Å². The minimum atomic E-state index is -4.64. The highest BCUT2D eigenvalue weighted by atomic mass is 32.1. The molecule has 0 aromatic carbocycles. The number of nitrogens with two attached hydrogens (primary N) is 1. The van der Waals surface area contributed by atoms with Crippen LogP contribution in [0.2, 0.25) is 0 Å². The van der Waals surface area contributed by atoms with Crippen LogP contribution < -0.4 is 11.1 Å². The molecule has 12 heteroatoms. The largest absolute Gasteiger partial charge is 0.462 e. The van der Waals surface area contributed by atoms with Crippen LogP contribution in [0.1, 0.15) is 82.1 Å². The second kappa shape index (κ2) is 8.93. The van der Waals surface area contributed by atoms with E-state index in [2.05, 4.69) is 10.4 Å². The van der Waals surface area contributed by atoms with Gasteiger partial charge in [0.05, 0.1) is 17.0 Å². The number of thiophene rings is 1. The summed E-state index contributed by atoms with van der Waals surface area (Å²) in [7, 11) is 0. The number of rotatable bonds is 8. The van der Waals surface area contributed by atoms with Gasteiger partial charge in [0, 0.05) is 11.6 Å². The Balaban J connectivity index is 1.92. The number of aromatic nitrogens is 2. The lowest BCUT2D eigenvalue weighted by molar-refractivity contribution is -0.141. The van der Waals surface area contributed by atoms with Gasteiger partial charge in [0.15, 0.2) is 5.69 Å². The normalized spacial score (nSPS) is 14.8. The maximum absolute atomic E-state index is 13.2. The summed E-state index contributed by atoms with van der Waals surface area (Å²) in [5.41, 5.74) is 4.90. The molecule has 3 rings (SSSR count). The van der Waals surface area contributed by atoms with Gasteiger partial charge >= 0.3 is 12.1 Å². The molecule has 0 bridgehead atoms. The number of hydrogen-bond donors (Lipinski definition) is 2. The molecule has 1 atom stereocenters. The van der Waals surface area contributed by atoms with Crippen molar-refractivity contribution in [1.29, 1.82) is 0 Å². The van der Waals surface area contributed by atoms with Gasteiger partial charge in [0.25, 0.3) is 5.91 Å². The van der Waals surface area contributed by atoms with Crippen molar-refractivity contribution in [3.8, 4) is 0 Å². The number of amides is 2. The van der Waals surface area contributed by atoms with Crippen LogP contribution in [-0.2, 0) is 15.7 Å². The molecule has 174 valence electrons. The number of nitrogens with one attached hydrogen (secondary N) is 1. The molecular formula is C20H23F3N4O4S. The Kier molecular flexibility index (Phi) is 6.63. The summed E-state index contributed by atoms with van der Waals surface area (Å²) < 4.78 is 45.7. The molecule has 1 aliphatic rings. The van der Waals surface area contributed by atoms with E-state index in [9.17, 15) is 27.6 Å². The summed E-state index contributed by atoms with van der Waals surface area (Å²) >= 11 is 0.812. The van der Waals surface area contributed by atoms with Gasteiger partial charge in [0.1, 0.15) is 11.0 Å². The van der Waals surface area contributed by atoms with E-state index in [1.807, 2.05) is 6.92 Å². The van der Waals surface area contributed by atoms with Crippen molar-refractivity contribution < 1.29 is 32.3 Å². The number of halogens is 3. The third kappa shape index (κ3) is 4.79. The molecule has 1 fully saturated rings. The molecule has 0 saturated heterocycles. The quantitative estimate of drug-likeness (QED) is 0.563. The first-order valence-electron chi connectivity index (χ1n) is 10.0. The highest BCUT2D eigenvalue weighted by Crippen LogP contribution is 2.43. The Labute approximate surface area is 185 Å². The van der Waals surface area contributed by atoms with Crippen molar-refractivity contribution in [2.24, 2.45) is 5.73 Å².